The molecule has 2 nitrogen and oxygen atoms in total. The molecule has 282 valence electrons. The van der Waals surface area contributed by atoms with E-state index in [1.165, 1.54) is 65.3 Å². The van der Waals surface area contributed by atoms with Gasteiger partial charge in [0.05, 0.1) is 11.4 Å². The largest absolute Gasteiger partial charge is 0.310 e. The normalized spacial score (nSPS) is 11.3. The number of benzene rings is 11. The maximum absolute atomic E-state index is 2.35. The van der Waals surface area contributed by atoms with Gasteiger partial charge in [-0.2, -0.15) is 0 Å². The lowest BCUT2D eigenvalue weighted by atomic mass is 9.95. The van der Waals surface area contributed by atoms with Crippen molar-refractivity contribution in [3.05, 3.63) is 243 Å². The summed E-state index contributed by atoms with van der Waals surface area (Å²) in [5.74, 6) is 0. The Balaban J connectivity index is 0.892. The molecule has 0 spiro atoms. The Kier molecular flexibility index (Phi) is 8.87. The van der Waals surface area contributed by atoms with Gasteiger partial charge in [-0.3, -0.25) is 0 Å². The van der Waals surface area contributed by atoms with Gasteiger partial charge in [0.15, 0.2) is 0 Å². The zero-order valence-corrected chi connectivity index (χ0v) is 33.0. The van der Waals surface area contributed by atoms with Crippen molar-refractivity contribution in [3.8, 4) is 22.3 Å². The van der Waals surface area contributed by atoms with Crippen molar-refractivity contribution in [2.75, 3.05) is 9.80 Å². The summed E-state index contributed by atoms with van der Waals surface area (Å²) in [7, 11) is 0. The minimum atomic E-state index is 1.12. The van der Waals surface area contributed by atoms with Crippen molar-refractivity contribution in [1.29, 1.82) is 0 Å². The molecule has 0 bridgehead atoms. The van der Waals surface area contributed by atoms with Crippen LogP contribution in [0.3, 0.4) is 0 Å². The first kappa shape index (κ1) is 35.2. The highest BCUT2D eigenvalue weighted by atomic mass is 15.1. The van der Waals surface area contributed by atoms with E-state index in [9.17, 15) is 0 Å². The Morgan fingerprint density at radius 2 is 0.550 bits per heavy atom. The Labute approximate surface area is 350 Å². The predicted molar refractivity (Wildman–Crippen MR) is 257 cm³/mol. The molecule has 0 aliphatic carbocycles. The molecule has 0 aliphatic heterocycles. The number of hydrogen-bond donors (Lipinski definition) is 0. The summed E-state index contributed by atoms with van der Waals surface area (Å²) in [5.41, 5.74) is 11.6. The van der Waals surface area contributed by atoms with Crippen molar-refractivity contribution in [1.82, 2.24) is 0 Å². The lowest BCUT2D eigenvalue weighted by Gasteiger charge is -2.27. The second-order valence-electron chi connectivity index (χ2n) is 15.4. The Morgan fingerprint density at radius 3 is 0.983 bits per heavy atom. The van der Waals surface area contributed by atoms with E-state index in [1.807, 2.05) is 0 Å². The van der Waals surface area contributed by atoms with Crippen molar-refractivity contribution < 1.29 is 0 Å². The minimum Gasteiger partial charge on any atom is -0.310 e. The summed E-state index contributed by atoms with van der Waals surface area (Å²) in [4.78, 5) is 4.71. The highest BCUT2D eigenvalue weighted by Crippen LogP contribution is 2.42. The van der Waals surface area contributed by atoms with Crippen LogP contribution in [0.1, 0.15) is 0 Å². The second-order valence-corrected chi connectivity index (χ2v) is 15.4. The van der Waals surface area contributed by atoms with Gasteiger partial charge >= 0.3 is 0 Å². The zero-order valence-electron chi connectivity index (χ0n) is 33.0. The molecule has 0 fully saturated rings. The Morgan fingerprint density at radius 1 is 0.200 bits per heavy atom. The lowest BCUT2D eigenvalue weighted by Crippen LogP contribution is -2.10. The van der Waals surface area contributed by atoms with Gasteiger partial charge < -0.3 is 9.80 Å². The van der Waals surface area contributed by atoms with Crippen LogP contribution in [0.5, 0.6) is 0 Å². The molecule has 11 aromatic carbocycles. The fourth-order valence-electron chi connectivity index (χ4n) is 8.85. The molecular weight excluding hydrogens is 725 g/mol. The highest BCUT2D eigenvalue weighted by Gasteiger charge is 2.17. The van der Waals surface area contributed by atoms with Crippen LogP contribution in [-0.4, -0.2) is 0 Å². The Bertz CT molecular complexity index is 3060. The molecule has 0 aromatic heterocycles. The van der Waals surface area contributed by atoms with E-state index >= 15 is 0 Å². The number of anilines is 6. The average molecular weight is 765 g/mol. The predicted octanol–water partition coefficient (Wildman–Crippen LogP) is 16.6. The molecule has 0 heterocycles. The number of fused-ring (bicyclic) bond motifs is 5. The summed E-state index contributed by atoms with van der Waals surface area (Å²) in [6, 6.07) is 87.8. The summed E-state index contributed by atoms with van der Waals surface area (Å²) in [5, 5.41) is 9.89. The zero-order chi connectivity index (χ0) is 39.8. The quantitative estimate of drug-likeness (QED) is 0.142. The molecule has 11 aromatic rings. The highest BCUT2D eigenvalue weighted by molar-refractivity contribution is 6.09. The van der Waals surface area contributed by atoms with E-state index in [0.29, 0.717) is 0 Å². The summed E-state index contributed by atoms with van der Waals surface area (Å²) < 4.78 is 0. The van der Waals surface area contributed by atoms with Gasteiger partial charge in [-0.25, -0.2) is 0 Å². The molecule has 60 heavy (non-hydrogen) atoms. The van der Waals surface area contributed by atoms with Gasteiger partial charge in [0.1, 0.15) is 0 Å². The maximum atomic E-state index is 2.35. The smallest absolute Gasteiger partial charge is 0.0540 e. The van der Waals surface area contributed by atoms with Gasteiger partial charge in [-0.05, 0) is 127 Å². The van der Waals surface area contributed by atoms with Crippen molar-refractivity contribution in [3.63, 3.8) is 0 Å². The Hall–Kier alpha value is -7.94. The van der Waals surface area contributed by atoms with E-state index in [2.05, 4.69) is 252 Å². The van der Waals surface area contributed by atoms with Crippen molar-refractivity contribution >= 4 is 77.2 Å². The molecule has 0 unspecified atom stereocenters. The summed E-state index contributed by atoms with van der Waals surface area (Å²) >= 11 is 0. The van der Waals surface area contributed by atoms with Crippen LogP contribution >= 0.6 is 0 Å². The van der Waals surface area contributed by atoms with Crippen LogP contribution in [0.4, 0.5) is 34.1 Å². The molecule has 0 amide bonds. The number of nitrogens with zero attached hydrogens (tertiary/aromatic N) is 2. The van der Waals surface area contributed by atoms with E-state index in [1.54, 1.807) is 0 Å². The third-order valence-corrected chi connectivity index (χ3v) is 11.8. The van der Waals surface area contributed by atoms with E-state index < -0.39 is 0 Å². The maximum Gasteiger partial charge on any atom is 0.0540 e. The minimum absolute atomic E-state index is 1.12. The molecule has 11 rings (SSSR count). The first-order valence-corrected chi connectivity index (χ1v) is 20.6. The second kappa shape index (κ2) is 15.1. The third kappa shape index (κ3) is 6.41. The monoisotopic (exact) mass is 764 g/mol. The van der Waals surface area contributed by atoms with Crippen LogP contribution in [0.2, 0.25) is 0 Å². The van der Waals surface area contributed by atoms with Crippen LogP contribution in [0, 0.1) is 0 Å². The molecule has 0 aliphatic rings. The van der Waals surface area contributed by atoms with Crippen molar-refractivity contribution in [2.24, 2.45) is 0 Å². The fraction of sp³-hybridized carbons (Fsp3) is 0. The van der Waals surface area contributed by atoms with Gasteiger partial charge in [-0.1, -0.05) is 170 Å². The average Bonchev–Trinajstić information content (AvgIpc) is 3.32. The molecule has 0 saturated carbocycles. The summed E-state index contributed by atoms with van der Waals surface area (Å²) in [6.45, 7) is 0. The van der Waals surface area contributed by atoms with Crippen LogP contribution in [0.15, 0.2) is 243 Å². The van der Waals surface area contributed by atoms with Crippen LogP contribution in [0.25, 0.3) is 65.3 Å². The van der Waals surface area contributed by atoms with Crippen molar-refractivity contribution in [2.45, 2.75) is 0 Å². The van der Waals surface area contributed by atoms with Crippen LogP contribution < -0.4 is 9.80 Å². The molecule has 0 radical (unpaired) electrons. The van der Waals surface area contributed by atoms with E-state index in [0.717, 1.165) is 34.1 Å². The molecule has 0 saturated heterocycles. The first-order valence-electron chi connectivity index (χ1n) is 20.6. The number of rotatable bonds is 8. The topological polar surface area (TPSA) is 6.48 Å². The van der Waals surface area contributed by atoms with Gasteiger partial charge in [0, 0.05) is 33.5 Å². The van der Waals surface area contributed by atoms with Gasteiger partial charge in [0.2, 0.25) is 0 Å². The molecule has 2 heteroatoms. The fourth-order valence-corrected chi connectivity index (χ4v) is 8.85. The molecule has 0 atom stereocenters. The van der Waals surface area contributed by atoms with E-state index in [4.69, 9.17) is 0 Å². The third-order valence-electron chi connectivity index (χ3n) is 11.8. The number of para-hydroxylation sites is 2. The first-order chi connectivity index (χ1) is 29.7. The van der Waals surface area contributed by atoms with Gasteiger partial charge in [0.25, 0.3) is 0 Å². The van der Waals surface area contributed by atoms with E-state index in [-0.39, 0.29) is 0 Å². The SMILES string of the molecule is c1ccc(N(c2ccc(-c3ccc4c(ccc5cc(-c6ccc(N(c7ccccc7)c7cccc8ccccc78)cc6)ccc54)c3)cc2)c2cccc3ccccc23)cc1. The molecule has 0 N–H and O–H groups in total. The van der Waals surface area contributed by atoms with Crippen LogP contribution in [-0.2, 0) is 0 Å². The number of hydrogen-bond acceptors (Lipinski definition) is 2. The molecular formula is C58H40N2. The summed E-state index contributed by atoms with van der Waals surface area (Å²) in [6.07, 6.45) is 0. The standard InChI is InChI=1S/C58H40N2/c1-3-17-49(18-4-1)59(57-23-11-15-43-13-7-9-21-55(43)57)51-33-27-41(28-34-51)45-31-37-53-47(39-45)25-26-48-40-46(32-38-54(48)53)42-29-35-52(36-30-42)60(50-19-5-2-6-20-50)58-24-12-16-44-14-8-10-22-56(44)58/h1-40H. The van der Waals surface area contributed by atoms with Gasteiger partial charge in [-0.15, -0.1) is 0 Å². The lowest BCUT2D eigenvalue weighted by molar-refractivity contribution is 1.30.